The van der Waals surface area contributed by atoms with Gasteiger partial charge < -0.3 is 10.6 Å². The molecule has 2 fully saturated rings. The van der Waals surface area contributed by atoms with Crippen molar-refractivity contribution in [1.82, 2.24) is 14.7 Å². The fraction of sp³-hybridized carbons (Fsp3) is 0.929. The third-order valence-corrected chi connectivity index (χ3v) is 4.23. The molecule has 5 nitrogen and oxygen atoms in total. The minimum atomic E-state index is 0.328. The van der Waals surface area contributed by atoms with Gasteiger partial charge in [0.15, 0.2) is 0 Å². The molecule has 0 bridgehead atoms. The molecule has 0 radical (unpaired) electrons. The Morgan fingerprint density at radius 2 is 1.42 bits per heavy atom. The molecule has 2 aliphatic heterocycles. The smallest absolute Gasteiger partial charge is 0.236 e. The highest BCUT2D eigenvalue weighted by atomic mass is 16.2. The van der Waals surface area contributed by atoms with Gasteiger partial charge in [-0.05, 0) is 12.8 Å². The van der Waals surface area contributed by atoms with Gasteiger partial charge in [0, 0.05) is 52.4 Å². The van der Waals surface area contributed by atoms with Crippen molar-refractivity contribution in [3.05, 3.63) is 0 Å². The molecule has 2 saturated heterocycles. The van der Waals surface area contributed by atoms with Crippen LogP contribution in [0.3, 0.4) is 0 Å². The van der Waals surface area contributed by atoms with Gasteiger partial charge in [-0.2, -0.15) is 0 Å². The Hall–Kier alpha value is -0.650. The van der Waals surface area contributed by atoms with Gasteiger partial charge in [-0.1, -0.05) is 12.8 Å². The van der Waals surface area contributed by atoms with E-state index < -0.39 is 0 Å². The lowest BCUT2D eigenvalue weighted by molar-refractivity contribution is -0.132. The fourth-order valence-corrected chi connectivity index (χ4v) is 2.96. The zero-order chi connectivity index (χ0) is 13.5. The first-order valence-corrected chi connectivity index (χ1v) is 7.72. The summed E-state index contributed by atoms with van der Waals surface area (Å²) in [7, 11) is 0. The van der Waals surface area contributed by atoms with Gasteiger partial charge in [-0.25, -0.2) is 0 Å². The first kappa shape index (κ1) is 14.8. The maximum atomic E-state index is 12.3. The minimum absolute atomic E-state index is 0.328. The number of hydrogen-bond acceptors (Lipinski definition) is 4. The molecule has 2 N–H and O–H groups in total. The van der Waals surface area contributed by atoms with Crippen molar-refractivity contribution in [1.29, 1.82) is 0 Å². The number of likely N-dealkylation sites (tertiary alicyclic amines) is 1. The summed E-state index contributed by atoms with van der Waals surface area (Å²) >= 11 is 0. The summed E-state index contributed by atoms with van der Waals surface area (Å²) in [6.07, 6.45) is 4.91. The monoisotopic (exact) mass is 268 g/mol. The molecule has 0 aromatic carbocycles. The van der Waals surface area contributed by atoms with Crippen LogP contribution in [0.15, 0.2) is 0 Å². The second kappa shape index (κ2) is 7.82. The van der Waals surface area contributed by atoms with Gasteiger partial charge in [-0.15, -0.1) is 0 Å². The van der Waals surface area contributed by atoms with Crippen LogP contribution in [-0.4, -0.2) is 79.5 Å². The Bertz CT molecular complexity index is 269. The number of piperazine rings is 1. The third kappa shape index (κ3) is 4.75. The van der Waals surface area contributed by atoms with E-state index in [1.165, 1.54) is 25.7 Å². The van der Waals surface area contributed by atoms with E-state index in [1.807, 2.05) is 0 Å². The normalized spacial score (nSPS) is 23.3. The quantitative estimate of drug-likeness (QED) is 0.778. The molecule has 110 valence electrons. The molecule has 0 aromatic heterocycles. The Labute approximate surface area is 116 Å². The molecule has 19 heavy (non-hydrogen) atoms. The molecule has 2 aliphatic rings. The van der Waals surface area contributed by atoms with Crippen LogP contribution < -0.4 is 5.73 Å². The number of rotatable bonds is 4. The van der Waals surface area contributed by atoms with Crippen LogP contribution in [0.2, 0.25) is 0 Å². The summed E-state index contributed by atoms with van der Waals surface area (Å²) in [5.74, 6) is 0.328. The van der Waals surface area contributed by atoms with E-state index in [0.29, 0.717) is 12.5 Å². The Morgan fingerprint density at radius 1 is 0.842 bits per heavy atom. The third-order valence-electron chi connectivity index (χ3n) is 4.23. The Morgan fingerprint density at radius 3 is 2.00 bits per heavy atom. The molecule has 0 aromatic rings. The van der Waals surface area contributed by atoms with Gasteiger partial charge in [0.2, 0.25) is 5.91 Å². The minimum Gasteiger partial charge on any atom is -0.342 e. The molecule has 0 unspecified atom stereocenters. The predicted molar refractivity (Wildman–Crippen MR) is 77.0 cm³/mol. The first-order valence-electron chi connectivity index (χ1n) is 7.72. The van der Waals surface area contributed by atoms with Crippen molar-refractivity contribution >= 4 is 5.91 Å². The van der Waals surface area contributed by atoms with Crippen molar-refractivity contribution in [3.63, 3.8) is 0 Å². The molecule has 0 atom stereocenters. The van der Waals surface area contributed by atoms with Crippen LogP contribution in [0.4, 0.5) is 0 Å². The van der Waals surface area contributed by atoms with Gasteiger partial charge in [0.25, 0.3) is 0 Å². The molecule has 2 heterocycles. The lowest BCUT2D eigenvalue weighted by atomic mass is 10.2. The summed E-state index contributed by atoms with van der Waals surface area (Å²) in [6, 6.07) is 0. The number of carbonyl (C=O) groups excluding carboxylic acids is 1. The SMILES string of the molecule is NCCN1CCN(CC(=O)N2CCCCCC2)CC1. The molecular weight excluding hydrogens is 240 g/mol. The standard InChI is InChI=1S/C14H28N4O/c15-5-8-16-9-11-17(12-10-16)13-14(19)18-6-3-1-2-4-7-18/h1-13,15H2. The fourth-order valence-electron chi connectivity index (χ4n) is 2.96. The summed E-state index contributed by atoms with van der Waals surface area (Å²) in [4.78, 5) is 19.0. The molecule has 0 saturated carbocycles. The number of amides is 1. The molecule has 5 heteroatoms. The highest BCUT2D eigenvalue weighted by Crippen LogP contribution is 2.10. The Kier molecular flexibility index (Phi) is 6.07. The van der Waals surface area contributed by atoms with E-state index in [1.54, 1.807) is 0 Å². The molecule has 0 aliphatic carbocycles. The molecular formula is C14H28N4O. The highest BCUT2D eigenvalue weighted by Gasteiger charge is 2.21. The molecule has 1 amide bonds. The molecule has 0 spiro atoms. The maximum absolute atomic E-state index is 12.3. The Balaban J connectivity index is 1.70. The maximum Gasteiger partial charge on any atom is 0.236 e. The lowest BCUT2D eigenvalue weighted by Gasteiger charge is -2.35. The van der Waals surface area contributed by atoms with Crippen LogP contribution in [-0.2, 0) is 4.79 Å². The number of nitrogens with zero attached hydrogens (tertiary/aromatic N) is 3. The second-order valence-corrected chi connectivity index (χ2v) is 5.70. The number of nitrogens with two attached hydrogens (primary N) is 1. The van der Waals surface area contributed by atoms with Crippen molar-refractivity contribution in [2.45, 2.75) is 25.7 Å². The lowest BCUT2D eigenvalue weighted by Crippen LogP contribution is -2.51. The largest absolute Gasteiger partial charge is 0.342 e. The zero-order valence-corrected chi connectivity index (χ0v) is 12.0. The number of carbonyl (C=O) groups is 1. The van der Waals surface area contributed by atoms with Crippen molar-refractivity contribution in [3.8, 4) is 0 Å². The van der Waals surface area contributed by atoms with Crippen LogP contribution in [0.1, 0.15) is 25.7 Å². The van der Waals surface area contributed by atoms with E-state index in [-0.39, 0.29) is 0 Å². The highest BCUT2D eigenvalue weighted by molar-refractivity contribution is 5.78. The average Bonchev–Trinajstić information content (AvgIpc) is 2.70. The van der Waals surface area contributed by atoms with Gasteiger partial charge in [0.05, 0.1) is 6.54 Å². The van der Waals surface area contributed by atoms with E-state index in [0.717, 1.165) is 52.4 Å². The first-order chi connectivity index (χ1) is 9.29. The topological polar surface area (TPSA) is 52.8 Å². The summed E-state index contributed by atoms with van der Waals surface area (Å²) in [5, 5.41) is 0. The van der Waals surface area contributed by atoms with E-state index in [9.17, 15) is 4.79 Å². The van der Waals surface area contributed by atoms with Crippen LogP contribution in [0.25, 0.3) is 0 Å². The van der Waals surface area contributed by atoms with Crippen LogP contribution in [0, 0.1) is 0 Å². The summed E-state index contributed by atoms with van der Waals surface area (Å²) in [5.41, 5.74) is 5.57. The van der Waals surface area contributed by atoms with Gasteiger partial charge in [0.1, 0.15) is 0 Å². The van der Waals surface area contributed by atoms with Crippen LogP contribution >= 0.6 is 0 Å². The van der Waals surface area contributed by atoms with Crippen molar-refractivity contribution in [2.75, 3.05) is 58.9 Å². The average molecular weight is 268 g/mol. The summed E-state index contributed by atoms with van der Waals surface area (Å²) in [6.45, 7) is 8.34. The van der Waals surface area contributed by atoms with Crippen molar-refractivity contribution < 1.29 is 4.79 Å². The van der Waals surface area contributed by atoms with E-state index in [2.05, 4.69) is 14.7 Å². The second-order valence-electron chi connectivity index (χ2n) is 5.70. The summed E-state index contributed by atoms with van der Waals surface area (Å²) < 4.78 is 0. The molecule has 2 rings (SSSR count). The van der Waals surface area contributed by atoms with Gasteiger partial charge in [-0.3, -0.25) is 14.6 Å². The zero-order valence-electron chi connectivity index (χ0n) is 12.0. The van der Waals surface area contributed by atoms with E-state index in [4.69, 9.17) is 5.73 Å². The van der Waals surface area contributed by atoms with Gasteiger partial charge >= 0.3 is 0 Å². The number of hydrogen-bond donors (Lipinski definition) is 1. The van der Waals surface area contributed by atoms with Crippen LogP contribution in [0.5, 0.6) is 0 Å². The van der Waals surface area contributed by atoms with E-state index >= 15 is 0 Å². The van der Waals surface area contributed by atoms with Crippen molar-refractivity contribution in [2.24, 2.45) is 5.73 Å². The predicted octanol–water partition coefficient (Wildman–Crippen LogP) is -0.0347.